The molecule has 7 nitrogen and oxygen atoms in total. The van der Waals surface area contributed by atoms with Crippen LogP contribution in [0.1, 0.15) is 5.69 Å². The summed E-state index contributed by atoms with van der Waals surface area (Å²) in [6.45, 7) is 1.81. The molecule has 1 aliphatic rings. The Morgan fingerprint density at radius 2 is 2.08 bits per heavy atom. The van der Waals surface area contributed by atoms with Crippen molar-refractivity contribution >= 4 is 12.0 Å². The predicted molar refractivity (Wildman–Crippen MR) is 87.1 cm³/mol. The Hall–Kier alpha value is -2.80. The quantitative estimate of drug-likeness (QED) is 0.768. The molecule has 3 heterocycles. The van der Waals surface area contributed by atoms with Crippen LogP contribution in [0, 0.1) is 0 Å². The van der Waals surface area contributed by atoms with Gasteiger partial charge >= 0.3 is 6.01 Å². The molecule has 1 amide bonds. The van der Waals surface area contributed by atoms with E-state index in [0.717, 1.165) is 5.69 Å². The Kier molecular flexibility index (Phi) is 5.47. The van der Waals surface area contributed by atoms with Crippen molar-refractivity contribution in [1.82, 2.24) is 19.9 Å². The Balaban J connectivity index is 1.51. The number of morpholine rings is 1. The second-order valence-corrected chi connectivity index (χ2v) is 5.21. The van der Waals surface area contributed by atoms with Gasteiger partial charge in [-0.15, -0.1) is 0 Å². The Labute approximate surface area is 140 Å². The summed E-state index contributed by atoms with van der Waals surface area (Å²) < 4.78 is 11.1. The van der Waals surface area contributed by atoms with Crippen molar-refractivity contribution in [3.05, 3.63) is 54.6 Å². The summed E-state index contributed by atoms with van der Waals surface area (Å²) in [4.78, 5) is 26.2. The molecule has 0 spiro atoms. The standard InChI is InChI=1S/C17H18N4O3/c22-16(6-5-14-4-1-2-7-18-14)21-10-11-23-15(12-21)13-24-17-19-8-3-9-20-17/h1-9,15H,10-13H2. The normalized spacial score (nSPS) is 17.8. The van der Waals surface area contributed by atoms with Crippen LogP contribution in [0.25, 0.3) is 6.08 Å². The molecule has 0 bridgehead atoms. The van der Waals surface area contributed by atoms with Gasteiger partial charge in [0.25, 0.3) is 0 Å². The Morgan fingerprint density at radius 1 is 1.25 bits per heavy atom. The fourth-order valence-electron chi connectivity index (χ4n) is 2.28. The number of ether oxygens (including phenoxy) is 2. The van der Waals surface area contributed by atoms with Crippen LogP contribution in [0.4, 0.5) is 0 Å². The molecule has 2 aromatic rings. The third kappa shape index (κ3) is 4.60. The molecule has 1 fully saturated rings. The summed E-state index contributed by atoms with van der Waals surface area (Å²) in [6.07, 6.45) is 7.96. The number of aromatic nitrogens is 3. The van der Waals surface area contributed by atoms with E-state index in [1.807, 2.05) is 18.2 Å². The SMILES string of the molecule is O=C(C=Cc1ccccn1)N1CCOC(COc2ncccn2)C1. The molecule has 1 saturated heterocycles. The van der Waals surface area contributed by atoms with Gasteiger partial charge in [0.15, 0.2) is 0 Å². The molecule has 0 N–H and O–H groups in total. The summed E-state index contributed by atoms with van der Waals surface area (Å²) in [5, 5.41) is 0. The summed E-state index contributed by atoms with van der Waals surface area (Å²) in [6, 6.07) is 7.59. The van der Waals surface area contributed by atoms with E-state index >= 15 is 0 Å². The molecule has 0 saturated carbocycles. The van der Waals surface area contributed by atoms with Crippen LogP contribution in [-0.4, -0.2) is 58.2 Å². The van der Waals surface area contributed by atoms with Gasteiger partial charge in [-0.2, -0.15) is 0 Å². The minimum atomic E-state index is -0.199. The Bertz CT molecular complexity index is 679. The van der Waals surface area contributed by atoms with Gasteiger partial charge in [-0.1, -0.05) is 6.07 Å². The number of amides is 1. The van der Waals surface area contributed by atoms with Crippen LogP contribution in [0.3, 0.4) is 0 Å². The molecular formula is C17H18N4O3. The van der Waals surface area contributed by atoms with Crippen molar-refractivity contribution in [3.63, 3.8) is 0 Å². The second-order valence-electron chi connectivity index (χ2n) is 5.21. The van der Waals surface area contributed by atoms with Crippen molar-refractivity contribution in [1.29, 1.82) is 0 Å². The van der Waals surface area contributed by atoms with Crippen molar-refractivity contribution in [2.75, 3.05) is 26.3 Å². The largest absolute Gasteiger partial charge is 0.461 e. The maximum atomic E-state index is 12.3. The molecule has 0 radical (unpaired) electrons. The van der Waals surface area contributed by atoms with Gasteiger partial charge in [0.2, 0.25) is 5.91 Å². The molecule has 1 unspecified atom stereocenters. The zero-order valence-corrected chi connectivity index (χ0v) is 13.1. The molecule has 24 heavy (non-hydrogen) atoms. The Morgan fingerprint density at radius 3 is 2.88 bits per heavy atom. The first-order valence-electron chi connectivity index (χ1n) is 7.71. The van der Waals surface area contributed by atoms with Gasteiger partial charge < -0.3 is 14.4 Å². The number of carbonyl (C=O) groups excluding carboxylic acids is 1. The van der Waals surface area contributed by atoms with Crippen LogP contribution in [0.15, 0.2) is 48.9 Å². The third-order valence-electron chi connectivity index (χ3n) is 3.48. The fourth-order valence-corrected chi connectivity index (χ4v) is 2.28. The van der Waals surface area contributed by atoms with Crippen molar-refractivity contribution in [2.45, 2.75) is 6.10 Å². The number of carbonyl (C=O) groups is 1. The smallest absolute Gasteiger partial charge is 0.316 e. The van der Waals surface area contributed by atoms with Gasteiger partial charge in [-0.25, -0.2) is 9.97 Å². The maximum Gasteiger partial charge on any atom is 0.316 e. The average molecular weight is 326 g/mol. The first-order chi connectivity index (χ1) is 11.8. The van der Waals surface area contributed by atoms with E-state index in [2.05, 4.69) is 15.0 Å². The molecule has 0 aliphatic carbocycles. The zero-order chi connectivity index (χ0) is 16.6. The zero-order valence-electron chi connectivity index (χ0n) is 13.1. The van der Waals surface area contributed by atoms with Gasteiger partial charge in [0.1, 0.15) is 12.7 Å². The lowest BCUT2D eigenvalue weighted by molar-refractivity contribution is -0.134. The molecule has 1 aliphatic heterocycles. The highest BCUT2D eigenvalue weighted by atomic mass is 16.5. The van der Waals surface area contributed by atoms with E-state index in [1.165, 1.54) is 6.08 Å². The predicted octanol–water partition coefficient (Wildman–Crippen LogP) is 1.19. The summed E-state index contributed by atoms with van der Waals surface area (Å²) in [7, 11) is 0. The highest BCUT2D eigenvalue weighted by molar-refractivity contribution is 5.91. The molecule has 7 heteroatoms. The number of nitrogens with zero attached hydrogens (tertiary/aromatic N) is 4. The minimum absolute atomic E-state index is 0.0649. The maximum absolute atomic E-state index is 12.3. The van der Waals surface area contributed by atoms with Crippen molar-refractivity contribution in [2.24, 2.45) is 0 Å². The van der Waals surface area contributed by atoms with Crippen LogP contribution < -0.4 is 4.74 Å². The van der Waals surface area contributed by atoms with E-state index in [1.54, 1.807) is 35.6 Å². The third-order valence-corrected chi connectivity index (χ3v) is 3.48. The van der Waals surface area contributed by atoms with Crippen molar-refractivity contribution < 1.29 is 14.3 Å². The summed E-state index contributed by atoms with van der Waals surface area (Å²) in [5.74, 6) is -0.0649. The van der Waals surface area contributed by atoms with E-state index in [0.29, 0.717) is 32.3 Å². The fraction of sp³-hybridized carbons (Fsp3) is 0.294. The van der Waals surface area contributed by atoms with Crippen LogP contribution in [-0.2, 0) is 9.53 Å². The van der Waals surface area contributed by atoms with Crippen LogP contribution in [0.5, 0.6) is 6.01 Å². The highest BCUT2D eigenvalue weighted by Gasteiger charge is 2.23. The summed E-state index contributed by atoms with van der Waals surface area (Å²) >= 11 is 0. The van der Waals surface area contributed by atoms with E-state index in [9.17, 15) is 4.79 Å². The van der Waals surface area contributed by atoms with Gasteiger partial charge in [0, 0.05) is 31.2 Å². The molecular weight excluding hydrogens is 308 g/mol. The molecule has 2 aromatic heterocycles. The minimum Gasteiger partial charge on any atom is -0.461 e. The van der Waals surface area contributed by atoms with E-state index < -0.39 is 0 Å². The highest BCUT2D eigenvalue weighted by Crippen LogP contribution is 2.09. The van der Waals surface area contributed by atoms with E-state index in [4.69, 9.17) is 9.47 Å². The number of hydrogen-bond donors (Lipinski definition) is 0. The molecule has 0 aromatic carbocycles. The number of pyridine rings is 1. The summed E-state index contributed by atoms with van der Waals surface area (Å²) in [5.41, 5.74) is 0.750. The van der Waals surface area contributed by atoms with Crippen LogP contribution in [0.2, 0.25) is 0 Å². The lowest BCUT2D eigenvalue weighted by atomic mass is 10.2. The van der Waals surface area contributed by atoms with Gasteiger partial charge in [-0.05, 0) is 24.3 Å². The van der Waals surface area contributed by atoms with E-state index in [-0.39, 0.29) is 12.0 Å². The molecule has 124 valence electrons. The number of rotatable bonds is 5. The molecule has 3 rings (SSSR count). The average Bonchev–Trinajstić information content (AvgIpc) is 2.66. The first-order valence-corrected chi connectivity index (χ1v) is 7.71. The van der Waals surface area contributed by atoms with Crippen LogP contribution >= 0.6 is 0 Å². The van der Waals surface area contributed by atoms with Crippen molar-refractivity contribution in [3.8, 4) is 6.01 Å². The van der Waals surface area contributed by atoms with Gasteiger partial charge in [-0.3, -0.25) is 9.78 Å². The molecule has 1 atom stereocenters. The monoisotopic (exact) mass is 326 g/mol. The lowest BCUT2D eigenvalue weighted by Crippen LogP contribution is -2.47. The van der Waals surface area contributed by atoms with Gasteiger partial charge in [0.05, 0.1) is 18.8 Å². The second kappa shape index (κ2) is 8.16. The topological polar surface area (TPSA) is 77.4 Å². The number of hydrogen-bond acceptors (Lipinski definition) is 6. The first kappa shape index (κ1) is 16.1. The lowest BCUT2D eigenvalue weighted by Gasteiger charge is -2.31.